The van der Waals surface area contributed by atoms with Gasteiger partial charge in [-0.25, -0.2) is 4.99 Å². The van der Waals surface area contributed by atoms with Crippen molar-refractivity contribution in [1.82, 2.24) is 15.1 Å². The number of amides is 1. The molecule has 0 bridgehead atoms. The maximum atomic E-state index is 11.8. The van der Waals surface area contributed by atoms with Gasteiger partial charge in [-0.1, -0.05) is 37.6 Å². The van der Waals surface area contributed by atoms with Crippen molar-refractivity contribution in [3.8, 4) is 0 Å². The highest BCUT2D eigenvalue weighted by Crippen LogP contribution is 2.15. The summed E-state index contributed by atoms with van der Waals surface area (Å²) in [4.78, 5) is 20.7. The van der Waals surface area contributed by atoms with Gasteiger partial charge in [0.15, 0.2) is 5.96 Å². The summed E-state index contributed by atoms with van der Waals surface area (Å²) in [5.74, 6) is 1.23. The lowest BCUT2D eigenvalue weighted by molar-refractivity contribution is -0.128. The lowest BCUT2D eigenvalue weighted by Gasteiger charge is -2.21. The van der Waals surface area contributed by atoms with Gasteiger partial charge in [0.1, 0.15) is 0 Å². The molecule has 1 aromatic rings. The van der Waals surface area contributed by atoms with Crippen molar-refractivity contribution >= 4 is 35.8 Å². The molecule has 1 amide bonds. The zero-order valence-corrected chi connectivity index (χ0v) is 18.7. The van der Waals surface area contributed by atoms with E-state index in [9.17, 15) is 4.79 Å². The van der Waals surface area contributed by atoms with Gasteiger partial charge in [-0.15, -0.1) is 24.0 Å². The van der Waals surface area contributed by atoms with E-state index in [0.717, 1.165) is 32.0 Å². The number of carbonyl (C=O) groups excluding carboxylic acids is 1. The first-order valence-corrected chi connectivity index (χ1v) is 9.49. The molecule has 0 unspecified atom stereocenters. The average molecular weight is 472 g/mol. The summed E-state index contributed by atoms with van der Waals surface area (Å²) >= 11 is 0. The molecule has 1 saturated heterocycles. The molecule has 0 atom stereocenters. The van der Waals surface area contributed by atoms with Crippen molar-refractivity contribution in [1.29, 1.82) is 0 Å². The SMILES string of the molecule is CCCCN(C)C(=NCc1cccc(CN2CCCC2=O)c1)NCC.I. The van der Waals surface area contributed by atoms with E-state index in [2.05, 4.69) is 55.4 Å². The summed E-state index contributed by atoms with van der Waals surface area (Å²) in [5.41, 5.74) is 2.37. The Kier molecular flexibility index (Phi) is 10.6. The summed E-state index contributed by atoms with van der Waals surface area (Å²) in [7, 11) is 2.09. The Morgan fingerprint density at radius 1 is 1.31 bits per heavy atom. The molecule has 1 N–H and O–H groups in total. The Morgan fingerprint density at radius 2 is 2.08 bits per heavy atom. The summed E-state index contributed by atoms with van der Waals surface area (Å²) in [6, 6.07) is 8.44. The molecule has 0 saturated carbocycles. The minimum Gasteiger partial charge on any atom is -0.357 e. The minimum absolute atomic E-state index is 0. The smallest absolute Gasteiger partial charge is 0.222 e. The van der Waals surface area contributed by atoms with Crippen molar-refractivity contribution in [3.63, 3.8) is 0 Å². The number of benzene rings is 1. The third kappa shape index (κ3) is 7.13. The molecule has 2 rings (SSSR count). The van der Waals surface area contributed by atoms with Gasteiger partial charge in [0.05, 0.1) is 6.54 Å². The molecule has 5 nitrogen and oxygen atoms in total. The summed E-state index contributed by atoms with van der Waals surface area (Å²) in [5, 5.41) is 3.36. The van der Waals surface area contributed by atoms with E-state index >= 15 is 0 Å². The van der Waals surface area contributed by atoms with Crippen LogP contribution in [0.25, 0.3) is 0 Å². The molecule has 1 aliphatic rings. The van der Waals surface area contributed by atoms with Crippen LogP contribution in [0.3, 0.4) is 0 Å². The molecule has 1 aliphatic heterocycles. The van der Waals surface area contributed by atoms with E-state index in [4.69, 9.17) is 4.99 Å². The quantitative estimate of drug-likeness (QED) is 0.357. The van der Waals surface area contributed by atoms with Gasteiger partial charge in [-0.2, -0.15) is 0 Å². The molecule has 146 valence electrons. The third-order valence-electron chi connectivity index (χ3n) is 4.49. The molecule has 0 radical (unpaired) electrons. The lowest BCUT2D eigenvalue weighted by atomic mass is 10.1. The fourth-order valence-electron chi connectivity index (χ4n) is 3.05. The molecule has 0 aliphatic carbocycles. The van der Waals surface area contributed by atoms with Gasteiger partial charge in [-0.3, -0.25) is 4.79 Å². The van der Waals surface area contributed by atoms with Crippen LogP contribution in [0.15, 0.2) is 29.3 Å². The van der Waals surface area contributed by atoms with Crippen LogP contribution >= 0.6 is 24.0 Å². The number of hydrogen-bond acceptors (Lipinski definition) is 2. The number of carbonyl (C=O) groups is 1. The second kappa shape index (κ2) is 12.1. The number of unbranched alkanes of at least 4 members (excludes halogenated alkanes) is 1. The Labute approximate surface area is 175 Å². The fourth-order valence-corrected chi connectivity index (χ4v) is 3.05. The minimum atomic E-state index is 0. The molecule has 26 heavy (non-hydrogen) atoms. The highest BCUT2D eigenvalue weighted by Gasteiger charge is 2.19. The molecule has 0 spiro atoms. The number of aliphatic imine (C=N–C) groups is 1. The van der Waals surface area contributed by atoms with Gasteiger partial charge < -0.3 is 15.1 Å². The number of rotatable bonds is 8. The van der Waals surface area contributed by atoms with Crippen LogP contribution in [0.4, 0.5) is 0 Å². The van der Waals surface area contributed by atoms with Crippen LogP contribution in [-0.2, 0) is 17.9 Å². The van der Waals surface area contributed by atoms with Crippen molar-refractivity contribution < 1.29 is 4.79 Å². The monoisotopic (exact) mass is 472 g/mol. The third-order valence-corrected chi connectivity index (χ3v) is 4.49. The van der Waals surface area contributed by atoms with Crippen LogP contribution in [-0.4, -0.2) is 48.3 Å². The number of nitrogens with one attached hydrogen (secondary N) is 1. The molecule has 6 heteroatoms. The normalized spacial score (nSPS) is 14.3. The zero-order valence-electron chi connectivity index (χ0n) is 16.3. The molecular weight excluding hydrogens is 439 g/mol. The van der Waals surface area contributed by atoms with E-state index in [1.165, 1.54) is 24.0 Å². The van der Waals surface area contributed by atoms with E-state index in [1.54, 1.807) is 0 Å². The van der Waals surface area contributed by atoms with Gasteiger partial charge in [0.2, 0.25) is 5.91 Å². The van der Waals surface area contributed by atoms with Gasteiger partial charge >= 0.3 is 0 Å². The van der Waals surface area contributed by atoms with E-state index in [0.29, 0.717) is 19.5 Å². The topological polar surface area (TPSA) is 47.9 Å². The molecule has 1 aromatic carbocycles. The number of halogens is 1. The van der Waals surface area contributed by atoms with Crippen molar-refractivity contribution in [2.75, 3.05) is 26.7 Å². The largest absolute Gasteiger partial charge is 0.357 e. The van der Waals surface area contributed by atoms with Crippen molar-refractivity contribution in [2.24, 2.45) is 4.99 Å². The maximum absolute atomic E-state index is 11.8. The molecule has 1 heterocycles. The predicted molar refractivity (Wildman–Crippen MR) is 119 cm³/mol. The van der Waals surface area contributed by atoms with Crippen LogP contribution in [0.1, 0.15) is 50.7 Å². The average Bonchev–Trinajstić information content (AvgIpc) is 3.01. The fraction of sp³-hybridized carbons (Fsp3) is 0.600. The van der Waals surface area contributed by atoms with Gasteiger partial charge in [0.25, 0.3) is 0 Å². The summed E-state index contributed by atoms with van der Waals surface area (Å²) in [6.07, 6.45) is 4.03. The zero-order chi connectivity index (χ0) is 18.1. The Hall–Kier alpha value is -1.31. The van der Waals surface area contributed by atoms with Crippen LogP contribution in [0, 0.1) is 0 Å². The van der Waals surface area contributed by atoms with E-state index < -0.39 is 0 Å². The van der Waals surface area contributed by atoms with Crippen LogP contribution in [0.5, 0.6) is 0 Å². The second-order valence-electron chi connectivity index (χ2n) is 6.68. The first-order valence-electron chi connectivity index (χ1n) is 9.49. The highest BCUT2D eigenvalue weighted by molar-refractivity contribution is 14.0. The first-order chi connectivity index (χ1) is 12.1. The number of guanidine groups is 1. The maximum Gasteiger partial charge on any atom is 0.222 e. The number of hydrogen-bond donors (Lipinski definition) is 1. The van der Waals surface area contributed by atoms with Crippen molar-refractivity contribution in [3.05, 3.63) is 35.4 Å². The van der Waals surface area contributed by atoms with Crippen LogP contribution < -0.4 is 5.32 Å². The first kappa shape index (κ1) is 22.7. The standard InChI is InChI=1S/C20H32N4O.HI/c1-4-6-12-23(3)20(21-5-2)22-15-17-9-7-10-18(14-17)16-24-13-8-11-19(24)25;/h7,9-10,14H,4-6,8,11-13,15-16H2,1-3H3,(H,21,22);1H. The summed E-state index contributed by atoms with van der Waals surface area (Å²) < 4.78 is 0. The number of nitrogens with zero attached hydrogens (tertiary/aromatic N) is 3. The Morgan fingerprint density at radius 3 is 2.73 bits per heavy atom. The van der Waals surface area contributed by atoms with Gasteiger partial charge in [0, 0.05) is 39.6 Å². The second-order valence-corrected chi connectivity index (χ2v) is 6.68. The van der Waals surface area contributed by atoms with Crippen molar-refractivity contribution in [2.45, 2.75) is 52.6 Å². The Bertz CT molecular complexity index is 591. The molecule has 1 fully saturated rings. The van der Waals surface area contributed by atoms with E-state index in [-0.39, 0.29) is 29.9 Å². The Balaban J connectivity index is 0.00000338. The lowest BCUT2D eigenvalue weighted by Crippen LogP contribution is -2.39. The highest BCUT2D eigenvalue weighted by atomic mass is 127. The van der Waals surface area contributed by atoms with Gasteiger partial charge in [-0.05, 0) is 30.9 Å². The molecule has 0 aromatic heterocycles. The van der Waals surface area contributed by atoms with Crippen LogP contribution in [0.2, 0.25) is 0 Å². The summed E-state index contributed by atoms with van der Waals surface area (Å²) in [6.45, 7) is 8.43. The van der Waals surface area contributed by atoms with E-state index in [1.807, 2.05) is 4.90 Å². The molecular formula is C20H33IN4O. The number of likely N-dealkylation sites (tertiary alicyclic amines) is 1. The predicted octanol–water partition coefficient (Wildman–Crippen LogP) is 3.62.